The molecule has 0 aliphatic carbocycles. The lowest BCUT2D eigenvalue weighted by Crippen LogP contribution is -2.40. The summed E-state index contributed by atoms with van der Waals surface area (Å²) in [5.74, 6) is -0.281. The van der Waals surface area contributed by atoms with Crippen molar-refractivity contribution in [3.63, 3.8) is 0 Å². The van der Waals surface area contributed by atoms with E-state index in [1.165, 1.54) is 12.1 Å². The van der Waals surface area contributed by atoms with Crippen LogP contribution < -0.4 is 0 Å². The van der Waals surface area contributed by atoms with E-state index < -0.39 is 0 Å². The molecular formula is C14H15FN4O. The number of amides is 1. The van der Waals surface area contributed by atoms with Gasteiger partial charge in [-0.3, -0.25) is 4.79 Å². The minimum atomic E-state index is -0.281. The number of carbonyl (C=O) groups is 1. The average molecular weight is 274 g/mol. The van der Waals surface area contributed by atoms with Crippen molar-refractivity contribution in [2.75, 3.05) is 0 Å². The van der Waals surface area contributed by atoms with Gasteiger partial charge in [0.05, 0.1) is 17.4 Å². The maximum atomic E-state index is 13.0. The van der Waals surface area contributed by atoms with E-state index in [9.17, 15) is 9.18 Å². The van der Waals surface area contributed by atoms with Crippen LogP contribution in [0.2, 0.25) is 0 Å². The van der Waals surface area contributed by atoms with Crippen LogP contribution in [0, 0.1) is 5.82 Å². The van der Waals surface area contributed by atoms with E-state index in [1.54, 1.807) is 21.7 Å². The molecule has 1 aromatic heterocycles. The van der Waals surface area contributed by atoms with Gasteiger partial charge in [-0.2, -0.15) is 0 Å². The third-order valence-electron chi connectivity index (χ3n) is 3.83. The Morgan fingerprint density at radius 1 is 1.30 bits per heavy atom. The second-order valence-corrected chi connectivity index (χ2v) is 5.09. The summed E-state index contributed by atoms with van der Waals surface area (Å²) in [6, 6.07) is 6.14. The molecule has 2 heterocycles. The Balaban J connectivity index is 2.05. The predicted molar refractivity (Wildman–Crippen MR) is 70.8 cm³/mol. The molecular weight excluding hydrogens is 259 g/mol. The van der Waals surface area contributed by atoms with Gasteiger partial charge in [-0.1, -0.05) is 5.21 Å². The van der Waals surface area contributed by atoms with Crippen LogP contribution >= 0.6 is 0 Å². The largest absolute Gasteiger partial charge is 0.334 e. The molecule has 1 amide bonds. The third kappa shape index (κ3) is 1.88. The number of benzene rings is 1. The number of carbonyl (C=O) groups excluding carboxylic acids is 1. The Bertz CT molecular complexity index is 637. The lowest BCUT2D eigenvalue weighted by atomic mass is 9.98. The van der Waals surface area contributed by atoms with Crippen molar-refractivity contribution in [1.29, 1.82) is 0 Å². The van der Waals surface area contributed by atoms with Crippen molar-refractivity contribution in [2.24, 2.45) is 0 Å². The van der Waals surface area contributed by atoms with Gasteiger partial charge in [0.2, 0.25) is 6.41 Å². The zero-order valence-corrected chi connectivity index (χ0v) is 11.3. The van der Waals surface area contributed by atoms with Gasteiger partial charge < -0.3 is 4.90 Å². The summed E-state index contributed by atoms with van der Waals surface area (Å²) in [6.45, 7) is 3.93. The first-order valence-corrected chi connectivity index (χ1v) is 6.55. The molecule has 104 valence electrons. The molecule has 0 fully saturated rings. The average Bonchev–Trinajstić information content (AvgIpc) is 2.84. The highest BCUT2D eigenvalue weighted by molar-refractivity contribution is 5.51. The van der Waals surface area contributed by atoms with Crippen molar-refractivity contribution in [2.45, 2.75) is 32.4 Å². The predicted octanol–water partition coefficient (Wildman–Crippen LogP) is 1.87. The quantitative estimate of drug-likeness (QED) is 0.786. The highest BCUT2D eigenvalue weighted by Gasteiger charge is 2.32. The van der Waals surface area contributed by atoms with Crippen molar-refractivity contribution in [3.8, 4) is 5.69 Å². The lowest BCUT2D eigenvalue weighted by Gasteiger charge is -2.35. The Morgan fingerprint density at radius 2 is 2.00 bits per heavy atom. The van der Waals surface area contributed by atoms with Crippen molar-refractivity contribution >= 4 is 6.41 Å². The molecule has 0 spiro atoms. The minimum Gasteiger partial charge on any atom is -0.334 e. The molecule has 0 saturated carbocycles. The van der Waals surface area contributed by atoms with Gasteiger partial charge >= 0.3 is 0 Å². The van der Waals surface area contributed by atoms with Crippen LogP contribution in [0.25, 0.3) is 5.69 Å². The SMILES string of the molecule is C[C@@H]1Cc2c(nnn2-c2ccc(F)cc2)[C@H](C)N1C=O. The van der Waals surface area contributed by atoms with Gasteiger partial charge in [0.25, 0.3) is 0 Å². The second-order valence-electron chi connectivity index (χ2n) is 5.09. The number of nitrogens with zero attached hydrogens (tertiary/aromatic N) is 4. The van der Waals surface area contributed by atoms with Crippen molar-refractivity contribution < 1.29 is 9.18 Å². The van der Waals surface area contributed by atoms with Gasteiger partial charge in [0.1, 0.15) is 11.5 Å². The van der Waals surface area contributed by atoms with Crippen LogP contribution in [0.15, 0.2) is 24.3 Å². The number of hydrogen-bond donors (Lipinski definition) is 0. The molecule has 2 aromatic rings. The summed E-state index contributed by atoms with van der Waals surface area (Å²) in [6.07, 6.45) is 1.54. The Morgan fingerprint density at radius 3 is 2.65 bits per heavy atom. The number of fused-ring (bicyclic) bond motifs is 1. The maximum absolute atomic E-state index is 13.0. The number of halogens is 1. The third-order valence-corrected chi connectivity index (χ3v) is 3.83. The van der Waals surface area contributed by atoms with Crippen LogP contribution in [-0.4, -0.2) is 32.3 Å². The molecule has 0 unspecified atom stereocenters. The molecule has 3 rings (SSSR count). The number of rotatable bonds is 2. The summed E-state index contributed by atoms with van der Waals surface area (Å²) in [5.41, 5.74) is 2.56. The number of hydrogen-bond acceptors (Lipinski definition) is 3. The Kier molecular flexibility index (Phi) is 3.00. The number of aromatic nitrogens is 3. The molecule has 6 heteroatoms. The van der Waals surface area contributed by atoms with Crippen LogP contribution in [-0.2, 0) is 11.2 Å². The van der Waals surface area contributed by atoms with E-state index in [2.05, 4.69) is 10.3 Å². The van der Waals surface area contributed by atoms with E-state index >= 15 is 0 Å². The normalized spacial score (nSPS) is 21.6. The van der Waals surface area contributed by atoms with Gasteiger partial charge in [0, 0.05) is 12.5 Å². The minimum absolute atomic E-state index is 0.0905. The molecule has 1 aromatic carbocycles. The molecule has 0 bridgehead atoms. The van der Waals surface area contributed by atoms with E-state index in [-0.39, 0.29) is 17.9 Å². The van der Waals surface area contributed by atoms with Gasteiger partial charge in [-0.05, 0) is 38.1 Å². The van der Waals surface area contributed by atoms with E-state index in [4.69, 9.17) is 0 Å². The monoisotopic (exact) mass is 274 g/mol. The van der Waals surface area contributed by atoms with Crippen LogP contribution in [0.1, 0.15) is 31.3 Å². The van der Waals surface area contributed by atoms with Crippen LogP contribution in [0.3, 0.4) is 0 Å². The van der Waals surface area contributed by atoms with Crippen molar-refractivity contribution in [3.05, 3.63) is 41.5 Å². The first-order valence-electron chi connectivity index (χ1n) is 6.55. The highest BCUT2D eigenvalue weighted by Crippen LogP contribution is 2.31. The molecule has 20 heavy (non-hydrogen) atoms. The summed E-state index contributed by atoms with van der Waals surface area (Å²) in [7, 11) is 0. The summed E-state index contributed by atoms with van der Waals surface area (Å²) < 4.78 is 14.7. The van der Waals surface area contributed by atoms with Gasteiger partial charge in [-0.25, -0.2) is 9.07 Å². The van der Waals surface area contributed by atoms with E-state index in [0.717, 1.165) is 23.5 Å². The zero-order valence-electron chi connectivity index (χ0n) is 11.3. The second kappa shape index (κ2) is 4.70. The summed E-state index contributed by atoms with van der Waals surface area (Å²) in [4.78, 5) is 12.9. The van der Waals surface area contributed by atoms with E-state index in [0.29, 0.717) is 6.42 Å². The first kappa shape index (κ1) is 12.8. The topological polar surface area (TPSA) is 51.0 Å². The molecule has 0 radical (unpaired) electrons. The standard InChI is InChI=1S/C14H15FN4O/c1-9-7-13-14(10(2)18(9)8-20)16-17-19(13)12-5-3-11(15)4-6-12/h3-6,8-10H,7H2,1-2H3/t9-,10+/m1/s1. The summed E-state index contributed by atoms with van der Waals surface area (Å²) >= 11 is 0. The van der Waals surface area contributed by atoms with Gasteiger partial charge in [-0.15, -0.1) is 5.10 Å². The van der Waals surface area contributed by atoms with Crippen LogP contribution in [0.5, 0.6) is 0 Å². The first-order chi connectivity index (χ1) is 9.61. The fourth-order valence-electron chi connectivity index (χ4n) is 2.72. The highest BCUT2D eigenvalue weighted by atomic mass is 19.1. The molecule has 5 nitrogen and oxygen atoms in total. The lowest BCUT2D eigenvalue weighted by molar-refractivity contribution is -0.122. The Hall–Kier alpha value is -2.24. The Labute approximate surface area is 116 Å². The molecule has 0 saturated heterocycles. The maximum Gasteiger partial charge on any atom is 0.210 e. The molecule has 1 aliphatic rings. The van der Waals surface area contributed by atoms with Gasteiger partial charge in [0.15, 0.2) is 0 Å². The fourth-order valence-corrected chi connectivity index (χ4v) is 2.72. The van der Waals surface area contributed by atoms with Crippen molar-refractivity contribution in [1.82, 2.24) is 19.9 Å². The fraction of sp³-hybridized carbons (Fsp3) is 0.357. The molecule has 2 atom stereocenters. The summed E-state index contributed by atoms with van der Waals surface area (Å²) in [5, 5.41) is 8.34. The smallest absolute Gasteiger partial charge is 0.210 e. The molecule has 1 aliphatic heterocycles. The molecule has 0 N–H and O–H groups in total. The zero-order chi connectivity index (χ0) is 14.3. The van der Waals surface area contributed by atoms with Crippen LogP contribution in [0.4, 0.5) is 4.39 Å². The van der Waals surface area contributed by atoms with E-state index in [1.807, 2.05) is 13.8 Å².